The largest absolute Gasteiger partial charge is 0.456 e. The first-order valence-electron chi connectivity index (χ1n) is 15.0. The quantitative estimate of drug-likeness (QED) is 0.209. The van der Waals surface area contributed by atoms with Gasteiger partial charge in [-0.15, -0.1) is 0 Å². The third-order valence-electron chi connectivity index (χ3n) is 8.50. The summed E-state index contributed by atoms with van der Waals surface area (Å²) in [5.41, 5.74) is 6.68. The van der Waals surface area contributed by atoms with Gasteiger partial charge in [-0.25, -0.2) is 15.0 Å². The Hall–Kier alpha value is -6.13. The zero-order valence-electron chi connectivity index (χ0n) is 24.2. The highest BCUT2D eigenvalue weighted by Gasteiger charge is 2.18. The second-order valence-corrected chi connectivity index (χ2v) is 11.3. The molecular weight excluding hydrogens is 550 g/mol. The molecule has 0 atom stereocenters. The summed E-state index contributed by atoms with van der Waals surface area (Å²) in [6, 6.07) is 52.3. The van der Waals surface area contributed by atoms with E-state index in [1.807, 2.05) is 42.5 Å². The van der Waals surface area contributed by atoms with Crippen molar-refractivity contribution in [2.24, 2.45) is 0 Å². The molecule has 210 valence electrons. The van der Waals surface area contributed by atoms with E-state index < -0.39 is 0 Å². The van der Waals surface area contributed by atoms with Crippen molar-refractivity contribution in [3.05, 3.63) is 152 Å². The Morgan fingerprint density at radius 1 is 0.356 bits per heavy atom. The summed E-state index contributed by atoms with van der Waals surface area (Å²) in [4.78, 5) is 15.1. The molecule has 0 bridgehead atoms. The van der Waals surface area contributed by atoms with Crippen LogP contribution in [0.15, 0.2) is 156 Å². The van der Waals surface area contributed by atoms with Gasteiger partial charge in [0.05, 0.1) is 0 Å². The SMILES string of the molecule is c1ccc(-c2nc(-c3ccc4ccccc4c3)nc(-c3cccc4oc5cc(-c6ccc7ccccc7c6)ccc5c34)n2)cc1. The fraction of sp³-hybridized carbons (Fsp3) is 0. The molecule has 0 saturated carbocycles. The number of hydrogen-bond donors (Lipinski definition) is 0. The van der Waals surface area contributed by atoms with Crippen molar-refractivity contribution in [2.45, 2.75) is 0 Å². The van der Waals surface area contributed by atoms with Gasteiger partial charge in [0.2, 0.25) is 0 Å². The van der Waals surface area contributed by atoms with E-state index in [9.17, 15) is 0 Å². The average Bonchev–Trinajstić information content (AvgIpc) is 3.49. The van der Waals surface area contributed by atoms with E-state index in [-0.39, 0.29) is 0 Å². The van der Waals surface area contributed by atoms with Crippen LogP contribution in [0.1, 0.15) is 0 Å². The zero-order valence-corrected chi connectivity index (χ0v) is 24.2. The van der Waals surface area contributed by atoms with Gasteiger partial charge < -0.3 is 4.42 Å². The third kappa shape index (κ3) is 4.43. The number of fused-ring (bicyclic) bond motifs is 5. The van der Waals surface area contributed by atoms with E-state index in [0.29, 0.717) is 17.5 Å². The predicted octanol–water partition coefficient (Wildman–Crippen LogP) is 10.7. The Kier molecular flexibility index (Phi) is 5.78. The lowest BCUT2D eigenvalue weighted by Gasteiger charge is -2.10. The molecule has 4 nitrogen and oxygen atoms in total. The first kappa shape index (κ1) is 25.4. The van der Waals surface area contributed by atoms with Crippen LogP contribution in [0, 0.1) is 0 Å². The molecule has 0 spiro atoms. The van der Waals surface area contributed by atoms with Gasteiger partial charge in [0, 0.05) is 27.5 Å². The van der Waals surface area contributed by atoms with E-state index in [0.717, 1.165) is 55.1 Å². The van der Waals surface area contributed by atoms with Gasteiger partial charge in [-0.2, -0.15) is 0 Å². The van der Waals surface area contributed by atoms with Crippen molar-refractivity contribution >= 4 is 43.5 Å². The minimum absolute atomic E-state index is 0.610. The second kappa shape index (κ2) is 10.2. The molecule has 0 aliphatic rings. The molecule has 4 heteroatoms. The van der Waals surface area contributed by atoms with Crippen LogP contribution in [0.4, 0.5) is 0 Å². The maximum absolute atomic E-state index is 6.47. The second-order valence-electron chi connectivity index (χ2n) is 11.3. The van der Waals surface area contributed by atoms with Crippen LogP contribution in [0.25, 0.3) is 88.8 Å². The normalized spacial score (nSPS) is 11.6. The summed E-state index contributed by atoms with van der Waals surface area (Å²) in [6.07, 6.45) is 0. The van der Waals surface area contributed by atoms with Gasteiger partial charge >= 0.3 is 0 Å². The van der Waals surface area contributed by atoms with E-state index in [2.05, 4.69) is 109 Å². The van der Waals surface area contributed by atoms with E-state index in [1.54, 1.807) is 0 Å². The standard InChI is InChI=1S/C41H25N3O/c1-2-11-28(12-3-1)39-42-40(33-20-18-27-10-5-7-14-30(27)24-33)44-41(43-39)35-15-8-16-36-38(35)34-22-21-32(25-37(34)45-36)31-19-17-26-9-4-6-13-29(26)23-31/h1-25H. The fourth-order valence-electron chi connectivity index (χ4n) is 6.23. The van der Waals surface area contributed by atoms with Crippen LogP contribution in [0.5, 0.6) is 0 Å². The topological polar surface area (TPSA) is 51.8 Å². The van der Waals surface area contributed by atoms with E-state index in [1.165, 1.54) is 16.2 Å². The molecule has 45 heavy (non-hydrogen) atoms. The lowest BCUT2D eigenvalue weighted by Crippen LogP contribution is -2.00. The third-order valence-corrected chi connectivity index (χ3v) is 8.50. The fourth-order valence-corrected chi connectivity index (χ4v) is 6.23. The maximum Gasteiger partial charge on any atom is 0.164 e. The first-order valence-corrected chi connectivity index (χ1v) is 15.0. The van der Waals surface area contributed by atoms with Crippen molar-refractivity contribution < 1.29 is 4.42 Å². The summed E-state index contributed by atoms with van der Waals surface area (Å²) in [6.45, 7) is 0. The summed E-state index contributed by atoms with van der Waals surface area (Å²) >= 11 is 0. The van der Waals surface area contributed by atoms with E-state index >= 15 is 0 Å². The van der Waals surface area contributed by atoms with Crippen LogP contribution in [0.3, 0.4) is 0 Å². The van der Waals surface area contributed by atoms with Gasteiger partial charge in [-0.05, 0) is 63.0 Å². The molecule has 9 rings (SSSR count). The lowest BCUT2D eigenvalue weighted by atomic mass is 9.99. The predicted molar refractivity (Wildman–Crippen MR) is 184 cm³/mol. The molecule has 2 aromatic heterocycles. The van der Waals surface area contributed by atoms with Crippen molar-refractivity contribution in [2.75, 3.05) is 0 Å². The number of benzene rings is 7. The van der Waals surface area contributed by atoms with Gasteiger partial charge in [0.15, 0.2) is 17.5 Å². The molecule has 0 amide bonds. The highest BCUT2D eigenvalue weighted by Crippen LogP contribution is 2.38. The van der Waals surface area contributed by atoms with Gasteiger partial charge in [0.1, 0.15) is 11.2 Å². The number of nitrogens with zero attached hydrogens (tertiary/aromatic N) is 3. The van der Waals surface area contributed by atoms with Crippen LogP contribution in [-0.2, 0) is 0 Å². The summed E-state index contributed by atoms with van der Waals surface area (Å²) < 4.78 is 6.47. The monoisotopic (exact) mass is 575 g/mol. The molecule has 0 fully saturated rings. The van der Waals surface area contributed by atoms with Gasteiger partial charge in [-0.1, -0.05) is 121 Å². The lowest BCUT2D eigenvalue weighted by molar-refractivity contribution is 0.669. The average molecular weight is 576 g/mol. The van der Waals surface area contributed by atoms with Crippen molar-refractivity contribution in [1.29, 1.82) is 0 Å². The summed E-state index contributed by atoms with van der Waals surface area (Å²) in [5, 5.41) is 6.78. The molecule has 7 aromatic carbocycles. The Morgan fingerprint density at radius 2 is 0.933 bits per heavy atom. The van der Waals surface area contributed by atoms with Crippen molar-refractivity contribution in [1.82, 2.24) is 15.0 Å². The van der Waals surface area contributed by atoms with Crippen LogP contribution >= 0.6 is 0 Å². The summed E-state index contributed by atoms with van der Waals surface area (Å²) in [7, 11) is 0. The highest BCUT2D eigenvalue weighted by molar-refractivity contribution is 6.12. The van der Waals surface area contributed by atoms with Crippen LogP contribution in [0.2, 0.25) is 0 Å². The minimum atomic E-state index is 0.610. The molecule has 0 aliphatic heterocycles. The maximum atomic E-state index is 6.47. The van der Waals surface area contributed by atoms with Crippen LogP contribution in [-0.4, -0.2) is 15.0 Å². The molecular formula is C41H25N3O. The molecule has 0 N–H and O–H groups in total. The Labute approximate surface area is 259 Å². The molecule has 9 aromatic rings. The number of rotatable bonds is 4. The molecule has 0 unspecified atom stereocenters. The summed E-state index contributed by atoms with van der Waals surface area (Å²) in [5.74, 6) is 1.87. The van der Waals surface area contributed by atoms with Crippen molar-refractivity contribution in [3.8, 4) is 45.3 Å². The van der Waals surface area contributed by atoms with Crippen LogP contribution < -0.4 is 0 Å². The first-order chi connectivity index (χ1) is 22.3. The Bertz CT molecular complexity index is 2550. The molecule has 2 heterocycles. The minimum Gasteiger partial charge on any atom is -0.456 e. The Balaban J connectivity index is 1.23. The van der Waals surface area contributed by atoms with Crippen molar-refractivity contribution in [3.63, 3.8) is 0 Å². The molecule has 0 aliphatic carbocycles. The Morgan fingerprint density at radius 3 is 1.69 bits per heavy atom. The number of furan rings is 1. The zero-order chi connectivity index (χ0) is 29.7. The number of hydrogen-bond acceptors (Lipinski definition) is 4. The smallest absolute Gasteiger partial charge is 0.164 e. The molecule has 0 radical (unpaired) electrons. The number of aromatic nitrogens is 3. The molecule has 0 saturated heterocycles. The van der Waals surface area contributed by atoms with Gasteiger partial charge in [-0.3, -0.25) is 0 Å². The van der Waals surface area contributed by atoms with E-state index in [4.69, 9.17) is 19.4 Å². The van der Waals surface area contributed by atoms with Gasteiger partial charge in [0.25, 0.3) is 0 Å². The highest BCUT2D eigenvalue weighted by atomic mass is 16.3.